The normalized spacial score (nSPS) is 26.1. The standard InChI is InChI=1S/C24H25N5O6/c1-8(2)12-7-29(28-27-12)13-3-4-14(30)16-10(13)5-9-6-11-17(21(32)15(9)20(16)31)22(33)18(24(26)35)23(34)19(11)25/h3-4,7-9,11,17,19,30-31,33H,5-6,25H2,1-2H3,(H2,26,35)/t9-,11+,17?,19+/m0/s1. The second kappa shape index (κ2) is 7.77. The van der Waals surface area contributed by atoms with E-state index in [9.17, 15) is 29.7 Å². The van der Waals surface area contributed by atoms with Crippen LogP contribution in [0.3, 0.4) is 0 Å². The summed E-state index contributed by atoms with van der Waals surface area (Å²) >= 11 is 0. The van der Waals surface area contributed by atoms with Gasteiger partial charge in [-0.05, 0) is 48.3 Å². The second-order valence-corrected chi connectivity index (χ2v) is 9.62. The fourth-order valence-electron chi connectivity index (χ4n) is 5.56. The molecule has 11 heteroatoms. The molecule has 5 rings (SSSR count). The third-order valence-electron chi connectivity index (χ3n) is 7.31. The van der Waals surface area contributed by atoms with Crippen molar-refractivity contribution in [2.45, 2.75) is 38.6 Å². The molecule has 0 aliphatic heterocycles. The van der Waals surface area contributed by atoms with Crippen LogP contribution in [0.15, 0.2) is 35.2 Å². The number of carbonyl (C=O) groups excluding carboxylic acids is 3. The van der Waals surface area contributed by atoms with Crippen molar-refractivity contribution in [3.8, 4) is 11.4 Å². The Morgan fingerprint density at radius 1 is 1.17 bits per heavy atom. The first kappa shape index (κ1) is 22.8. The maximum absolute atomic E-state index is 13.5. The number of benzene rings is 1. The minimum Gasteiger partial charge on any atom is -0.511 e. The van der Waals surface area contributed by atoms with Crippen molar-refractivity contribution >= 4 is 23.2 Å². The Hall–Kier alpha value is -3.99. The Balaban J connectivity index is 1.67. The number of phenols is 1. The van der Waals surface area contributed by atoms with Crippen molar-refractivity contribution in [3.05, 3.63) is 52.1 Å². The van der Waals surface area contributed by atoms with Gasteiger partial charge in [0.25, 0.3) is 5.91 Å². The maximum Gasteiger partial charge on any atom is 0.255 e. The molecule has 0 bridgehead atoms. The van der Waals surface area contributed by atoms with Crippen molar-refractivity contribution in [2.24, 2.45) is 29.2 Å². The molecule has 3 aliphatic carbocycles. The molecule has 11 nitrogen and oxygen atoms in total. The molecule has 0 spiro atoms. The van der Waals surface area contributed by atoms with Gasteiger partial charge < -0.3 is 26.8 Å². The summed E-state index contributed by atoms with van der Waals surface area (Å²) in [5, 5.41) is 40.8. The van der Waals surface area contributed by atoms with E-state index in [0.29, 0.717) is 11.3 Å². The van der Waals surface area contributed by atoms with Gasteiger partial charge in [-0.3, -0.25) is 14.4 Å². The molecule has 35 heavy (non-hydrogen) atoms. The number of aromatic nitrogens is 3. The van der Waals surface area contributed by atoms with E-state index >= 15 is 0 Å². The number of nitrogens with zero attached hydrogens (tertiary/aromatic N) is 3. The quantitative estimate of drug-likeness (QED) is 0.398. The van der Waals surface area contributed by atoms with Crippen LogP contribution < -0.4 is 11.5 Å². The Morgan fingerprint density at radius 2 is 1.89 bits per heavy atom. The van der Waals surface area contributed by atoms with E-state index in [2.05, 4.69) is 10.3 Å². The lowest BCUT2D eigenvalue weighted by molar-refractivity contribution is -0.128. The summed E-state index contributed by atoms with van der Waals surface area (Å²) in [6.45, 7) is 3.96. The van der Waals surface area contributed by atoms with E-state index in [0.717, 1.165) is 5.69 Å². The van der Waals surface area contributed by atoms with Gasteiger partial charge in [-0.1, -0.05) is 19.1 Å². The molecule has 7 N–H and O–H groups in total. The predicted molar refractivity (Wildman–Crippen MR) is 122 cm³/mol. The number of aromatic hydroxyl groups is 1. The largest absolute Gasteiger partial charge is 0.511 e. The van der Waals surface area contributed by atoms with E-state index in [4.69, 9.17) is 11.5 Å². The van der Waals surface area contributed by atoms with E-state index in [1.807, 2.05) is 13.8 Å². The number of rotatable bonds is 3. The summed E-state index contributed by atoms with van der Waals surface area (Å²) in [5.41, 5.74) is 12.7. The zero-order chi connectivity index (χ0) is 25.3. The van der Waals surface area contributed by atoms with E-state index < -0.39 is 58.4 Å². The molecular formula is C24H25N5O6. The number of amides is 1. The molecule has 1 amide bonds. The zero-order valence-electron chi connectivity index (χ0n) is 19.1. The number of primary amides is 1. The summed E-state index contributed by atoms with van der Waals surface area (Å²) in [5.74, 6) is -6.44. The van der Waals surface area contributed by atoms with Crippen LogP contribution in [0.2, 0.25) is 0 Å². The highest BCUT2D eigenvalue weighted by Gasteiger charge is 2.54. The van der Waals surface area contributed by atoms with Crippen molar-refractivity contribution in [2.75, 3.05) is 0 Å². The smallest absolute Gasteiger partial charge is 0.255 e. The van der Waals surface area contributed by atoms with Crippen LogP contribution in [0.1, 0.15) is 43.0 Å². The Kier molecular flexibility index (Phi) is 5.06. The lowest BCUT2D eigenvalue weighted by Gasteiger charge is -2.43. The van der Waals surface area contributed by atoms with Crippen LogP contribution in [-0.4, -0.2) is 53.8 Å². The number of hydrogen-bond acceptors (Lipinski definition) is 9. The second-order valence-electron chi connectivity index (χ2n) is 9.62. The molecule has 1 fully saturated rings. The SMILES string of the molecule is CC(C)c1cn(-c2ccc(O)c3c2C[C@H]2C[C@@H]4C(C(=O)C2=C3O)C(O)=C(C(N)=O)C(=O)[C@@H]4N)nn1. The zero-order valence-corrected chi connectivity index (χ0v) is 19.1. The number of carbonyl (C=O) groups is 3. The van der Waals surface area contributed by atoms with E-state index in [-0.39, 0.29) is 35.6 Å². The van der Waals surface area contributed by atoms with Gasteiger partial charge in [0.2, 0.25) is 0 Å². The van der Waals surface area contributed by atoms with Gasteiger partial charge in [0.15, 0.2) is 11.6 Å². The van der Waals surface area contributed by atoms with Crippen LogP contribution >= 0.6 is 0 Å². The number of fused-ring (bicyclic) bond motifs is 3. The third kappa shape index (κ3) is 3.18. The molecule has 1 aromatic carbocycles. The lowest BCUT2D eigenvalue weighted by Crippen LogP contribution is -2.55. The molecular weight excluding hydrogens is 454 g/mol. The molecule has 182 valence electrons. The van der Waals surface area contributed by atoms with Gasteiger partial charge >= 0.3 is 0 Å². The van der Waals surface area contributed by atoms with Crippen molar-refractivity contribution in [1.29, 1.82) is 0 Å². The summed E-state index contributed by atoms with van der Waals surface area (Å²) in [4.78, 5) is 38.0. The molecule has 2 aromatic rings. The summed E-state index contributed by atoms with van der Waals surface area (Å²) < 4.78 is 1.56. The lowest BCUT2D eigenvalue weighted by atomic mass is 9.60. The molecule has 0 radical (unpaired) electrons. The van der Waals surface area contributed by atoms with Gasteiger partial charge in [0.05, 0.1) is 35.1 Å². The summed E-state index contributed by atoms with van der Waals surface area (Å²) in [7, 11) is 0. The first-order chi connectivity index (χ1) is 16.5. The fourth-order valence-corrected chi connectivity index (χ4v) is 5.56. The predicted octanol–water partition coefficient (Wildman–Crippen LogP) is 0.950. The minimum absolute atomic E-state index is 0.0181. The molecule has 4 atom stereocenters. The van der Waals surface area contributed by atoms with Crippen molar-refractivity contribution in [1.82, 2.24) is 15.0 Å². The van der Waals surface area contributed by atoms with Crippen LogP contribution in [0.5, 0.6) is 5.75 Å². The molecule has 0 saturated heterocycles. The first-order valence-electron chi connectivity index (χ1n) is 11.3. The Bertz CT molecular complexity index is 1370. The average molecular weight is 479 g/mol. The molecule has 1 unspecified atom stereocenters. The van der Waals surface area contributed by atoms with Crippen LogP contribution in [0, 0.1) is 17.8 Å². The van der Waals surface area contributed by atoms with Crippen LogP contribution in [0.25, 0.3) is 11.4 Å². The number of ketones is 2. The molecule has 3 aliphatic rings. The highest BCUT2D eigenvalue weighted by atomic mass is 16.3. The fraction of sp³-hybridized carbons (Fsp3) is 0.375. The Labute approximate surface area is 199 Å². The van der Waals surface area contributed by atoms with E-state index in [1.54, 1.807) is 16.9 Å². The number of hydrogen-bond donors (Lipinski definition) is 5. The van der Waals surface area contributed by atoms with Gasteiger partial charge in [-0.25, -0.2) is 4.68 Å². The molecule has 1 aromatic heterocycles. The summed E-state index contributed by atoms with van der Waals surface area (Å²) in [6, 6.07) is 1.85. The summed E-state index contributed by atoms with van der Waals surface area (Å²) in [6.07, 6.45) is 2.21. The number of phenolic OH excluding ortho intramolecular Hbond substituents is 1. The van der Waals surface area contributed by atoms with Crippen LogP contribution in [0.4, 0.5) is 0 Å². The maximum atomic E-state index is 13.5. The monoisotopic (exact) mass is 479 g/mol. The Morgan fingerprint density at radius 3 is 2.51 bits per heavy atom. The topological polar surface area (TPSA) is 195 Å². The van der Waals surface area contributed by atoms with Gasteiger partial charge in [0, 0.05) is 5.57 Å². The first-order valence-corrected chi connectivity index (χ1v) is 11.3. The van der Waals surface area contributed by atoms with Crippen molar-refractivity contribution < 1.29 is 29.7 Å². The van der Waals surface area contributed by atoms with Crippen LogP contribution in [-0.2, 0) is 20.8 Å². The average Bonchev–Trinajstić information content (AvgIpc) is 3.27. The third-order valence-corrected chi connectivity index (χ3v) is 7.31. The molecule has 1 heterocycles. The number of nitrogens with two attached hydrogens (primary N) is 2. The molecule has 1 saturated carbocycles. The van der Waals surface area contributed by atoms with Gasteiger partial charge in [-0.2, -0.15) is 0 Å². The van der Waals surface area contributed by atoms with Crippen molar-refractivity contribution in [3.63, 3.8) is 0 Å². The number of allylic oxidation sites excluding steroid dienone is 2. The van der Waals surface area contributed by atoms with Gasteiger partial charge in [0.1, 0.15) is 22.8 Å². The highest BCUT2D eigenvalue weighted by Crippen LogP contribution is 2.50. The number of aliphatic hydroxyl groups is 2. The number of aliphatic hydroxyl groups excluding tert-OH is 2. The highest BCUT2D eigenvalue weighted by molar-refractivity contribution is 6.23. The number of Topliss-reactive ketones (excluding diaryl/α,β-unsaturated/α-hetero) is 2. The van der Waals surface area contributed by atoms with Gasteiger partial charge in [-0.15, -0.1) is 5.10 Å². The minimum atomic E-state index is -1.28. The van der Waals surface area contributed by atoms with E-state index in [1.165, 1.54) is 6.07 Å².